The van der Waals surface area contributed by atoms with E-state index in [1.807, 2.05) is 31.2 Å². The highest BCUT2D eigenvalue weighted by atomic mass is 32.2. The van der Waals surface area contributed by atoms with Crippen molar-refractivity contribution >= 4 is 31.5 Å². The van der Waals surface area contributed by atoms with E-state index in [9.17, 15) is 21.6 Å². The van der Waals surface area contributed by atoms with Crippen LogP contribution in [0.4, 0.5) is 5.69 Å². The van der Waals surface area contributed by atoms with Crippen molar-refractivity contribution in [3.63, 3.8) is 0 Å². The van der Waals surface area contributed by atoms with Crippen LogP contribution >= 0.6 is 0 Å². The molecule has 0 radical (unpaired) electrons. The molecule has 0 spiro atoms. The normalized spacial score (nSPS) is 12.7. The van der Waals surface area contributed by atoms with Crippen molar-refractivity contribution in [3.05, 3.63) is 95.1 Å². The number of carbonyl (C=O) groups excluding carboxylic acids is 1. The van der Waals surface area contributed by atoms with Crippen molar-refractivity contribution < 1.29 is 21.6 Å². The predicted octanol–water partition coefficient (Wildman–Crippen LogP) is 3.86. The average Bonchev–Trinajstić information content (AvgIpc) is 2.77. The molecule has 0 heterocycles. The van der Waals surface area contributed by atoms with Crippen LogP contribution < -0.4 is 9.62 Å². The summed E-state index contributed by atoms with van der Waals surface area (Å²) >= 11 is 0. The van der Waals surface area contributed by atoms with E-state index in [1.165, 1.54) is 16.4 Å². The lowest BCUT2D eigenvalue weighted by Crippen LogP contribution is -2.30. The maximum Gasteiger partial charge on any atom is 0.251 e. The molecule has 0 saturated heterocycles. The van der Waals surface area contributed by atoms with Crippen LogP contribution in [-0.2, 0) is 26.4 Å². The highest BCUT2D eigenvalue weighted by Gasteiger charge is 2.20. The Morgan fingerprint density at radius 2 is 1.47 bits per heavy atom. The van der Waals surface area contributed by atoms with E-state index >= 15 is 0 Å². The molecule has 3 rings (SSSR count). The Kier molecular flexibility index (Phi) is 7.48. The van der Waals surface area contributed by atoms with Crippen molar-refractivity contribution in [2.24, 2.45) is 0 Å². The van der Waals surface area contributed by atoms with E-state index in [1.54, 1.807) is 43.3 Å². The fourth-order valence-electron chi connectivity index (χ4n) is 3.49. The molecule has 0 aromatic heterocycles. The van der Waals surface area contributed by atoms with Crippen LogP contribution in [0.2, 0.25) is 0 Å². The lowest BCUT2D eigenvalue weighted by atomic mass is 10.1. The second kappa shape index (κ2) is 9.99. The Hall–Kier alpha value is -3.17. The van der Waals surface area contributed by atoms with Crippen LogP contribution in [-0.4, -0.2) is 35.3 Å². The number of hydrogen-bond donors (Lipinski definition) is 1. The molecule has 3 aromatic rings. The molecule has 0 aliphatic rings. The summed E-state index contributed by atoms with van der Waals surface area (Å²) in [4.78, 5) is 12.9. The Bertz CT molecular complexity index is 1380. The van der Waals surface area contributed by atoms with E-state index in [2.05, 4.69) is 5.32 Å². The van der Waals surface area contributed by atoms with Gasteiger partial charge in [0.2, 0.25) is 10.0 Å². The molecular formula is C25H28N2O5S2. The Labute approximate surface area is 201 Å². The van der Waals surface area contributed by atoms with E-state index in [0.29, 0.717) is 11.3 Å². The molecule has 34 heavy (non-hydrogen) atoms. The summed E-state index contributed by atoms with van der Waals surface area (Å²) in [5.74, 6) is -0.323. The number of anilines is 1. The van der Waals surface area contributed by atoms with Gasteiger partial charge in [0, 0.05) is 11.8 Å². The van der Waals surface area contributed by atoms with Gasteiger partial charge >= 0.3 is 0 Å². The fourth-order valence-corrected chi connectivity index (χ4v) is 5.00. The monoisotopic (exact) mass is 500 g/mol. The largest absolute Gasteiger partial charge is 0.346 e. The van der Waals surface area contributed by atoms with Crippen LogP contribution in [0.5, 0.6) is 0 Å². The van der Waals surface area contributed by atoms with Crippen molar-refractivity contribution in [1.82, 2.24) is 5.32 Å². The molecule has 0 fully saturated rings. The Morgan fingerprint density at radius 3 is 2.00 bits per heavy atom. The molecule has 1 unspecified atom stereocenters. The van der Waals surface area contributed by atoms with Gasteiger partial charge in [-0.25, -0.2) is 16.8 Å². The number of sulfone groups is 1. The first-order valence-electron chi connectivity index (χ1n) is 10.6. The third kappa shape index (κ3) is 6.24. The zero-order chi connectivity index (χ0) is 25.1. The van der Waals surface area contributed by atoms with Crippen LogP contribution in [0.3, 0.4) is 0 Å². The number of hydrogen-bond acceptors (Lipinski definition) is 5. The van der Waals surface area contributed by atoms with Crippen LogP contribution in [0.15, 0.2) is 77.7 Å². The average molecular weight is 501 g/mol. The van der Waals surface area contributed by atoms with Gasteiger partial charge in [-0.15, -0.1) is 0 Å². The first kappa shape index (κ1) is 25.5. The summed E-state index contributed by atoms with van der Waals surface area (Å²) in [6.07, 6.45) is 2.30. The molecule has 7 nitrogen and oxygen atoms in total. The topological polar surface area (TPSA) is 101 Å². The quantitative estimate of drug-likeness (QED) is 0.506. The summed E-state index contributed by atoms with van der Waals surface area (Å²) in [5, 5.41) is 2.88. The summed E-state index contributed by atoms with van der Waals surface area (Å²) in [7, 11) is -6.83. The third-order valence-corrected chi connectivity index (χ3v) is 7.82. The van der Waals surface area contributed by atoms with Gasteiger partial charge in [0.05, 0.1) is 29.4 Å². The second-order valence-corrected chi connectivity index (χ2v) is 12.2. The number of rotatable bonds is 8. The molecule has 0 saturated carbocycles. The molecule has 3 aromatic carbocycles. The summed E-state index contributed by atoms with van der Waals surface area (Å²) in [6, 6.07) is 20.0. The van der Waals surface area contributed by atoms with Gasteiger partial charge < -0.3 is 5.32 Å². The highest BCUT2D eigenvalue weighted by molar-refractivity contribution is 7.92. The summed E-state index contributed by atoms with van der Waals surface area (Å²) < 4.78 is 49.5. The molecular weight excluding hydrogens is 472 g/mol. The maximum absolute atomic E-state index is 12.7. The fraction of sp³-hybridized carbons (Fsp3) is 0.240. The number of carbonyl (C=O) groups is 1. The molecule has 0 aliphatic carbocycles. The minimum absolute atomic E-state index is 0.192. The smallest absolute Gasteiger partial charge is 0.251 e. The molecule has 1 amide bonds. The number of sulfonamides is 1. The van der Waals surface area contributed by atoms with Crippen molar-refractivity contribution in [2.45, 2.75) is 31.3 Å². The van der Waals surface area contributed by atoms with E-state index in [-0.39, 0.29) is 23.4 Å². The van der Waals surface area contributed by atoms with Crippen LogP contribution in [0, 0.1) is 6.92 Å². The van der Waals surface area contributed by atoms with E-state index < -0.39 is 19.9 Å². The van der Waals surface area contributed by atoms with Gasteiger partial charge in [0.15, 0.2) is 9.84 Å². The Balaban J connectivity index is 1.75. The number of aryl methyl sites for hydroxylation is 1. The van der Waals surface area contributed by atoms with E-state index in [0.717, 1.165) is 29.2 Å². The van der Waals surface area contributed by atoms with Gasteiger partial charge in [0.1, 0.15) is 0 Å². The minimum atomic E-state index is -3.55. The van der Waals surface area contributed by atoms with E-state index in [4.69, 9.17) is 0 Å². The van der Waals surface area contributed by atoms with Gasteiger partial charge in [-0.3, -0.25) is 9.10 Å². The molecule has 0 bridgehead atoms. The lowest BCUT2D eigenvalue weighted by Gasteiger charge is -2.23. The van der Waals surface area contributed by atoms with Gasteiger partial charge in [-0.1, -0.05) is 36.4 Å². The predicted molar refractivity (Wildman–Crippen MR) is 134 cm³/mol. The molecule has 180 valence electrons. The third-order valence-electron chi connectivity index (χ3n) is 5.55. The Morgan fingerprint density at radius 1 is 0.882 bits per heavy atom. The highest BCUT2D eigenvalue weighted by Crippen LogP contribution is 2.23. The maximum atomic E-state index is 12.7. The number of nitrogens with zero attached hydrogens (tertiary/aromatic N) is 1. The SMILES string of the molecule is Cc1ccccc1CN(c1ccc(C(=O)NC(C)c2ccc(S(C)(=O)=O)cc2)cc1)S(C)(=O)=O. The molecule has 1 N–H and O–H groups in total. The van der Waals surface area contributed by atoms with Crippen molar-refractivity contribution in [2.75, 3.05) is 16.8 Å². The van der Waals surface area contributed by atoms with Crippen molar-refractivity contribution in [1.29, 1.82) is 0 Å². The van der Waals surface area contributed by atoms with Gasteiger partial charge in [-0.2, -0.15) is 0 Å². The van der Waals surface area contributed by atoms with Crippen LogP contribution in [0.25, 0.3) is 0 Å². The standard InChI is InChI=1S/C25H28N2O5S2/c1-18-7-5-6-8-22(18)17-27(34(4,31)32)23-13-9-21(10-14-23)25(28)26-19(2)20-11-15-24(16-12-20)33(3,29)30/h5-16,19H,17H2,1-4H3,(H,26,28). The zero-order valence-electron chi connectivity index (χ0n) is 19.5. The summed E-state index contributed by atoms with van der Waals surface area (Å²) in [5.41, 5.74) is 3.49. The first-order chi connectivity index (χ1) is 15.9. The van der Waals surface area contributed by atoms with Crippen molar-refractivity contribution in [3.8, 4) is 0 Å². The molecule has 9 heteroatoms. The first-order valence-corrected chi connectivity index (χ1v) is 14.3. The zero-order valence-corrected chi connectivity index (χ0v) is 21.2. The molecule has 0 aliphatic heterocycles. The molecule has 1 atom stereocenters. The number of amides is 1. The van der Waals surface area contributed by atoms with Crippen LogP contribution in [0.1, 0.15) is 40.0 Å². The number of nitrogens with one attached hydrogen (secondary N) is 1. The van der Waals surface area contributed by atoms with Gasteiger partial charge in [-0.05, 0) is 66.9 Å². The second-order valence-electron chi connectivity index (χ2n) is 8.28. The van der Waals surface area contributed by atoms with Gasteiger partial charge in [0.25, 0.3) is 5.91 Å². The summed E-state index contributed by atoms with van der Waals surface area (Å²) in [6.45, 7) is 3.92. The minimum Gasteiger partial charge on any atom is -0.346 e. The lowest BCUT2D eigenvalue weighted by molar-refractivity contribution is 0.0940. The number of benzene rings is 3.